The van der Waals surface area contributed by atoms with Crippen LogP contribution in [-0.4, -0.2) is 19.9 Å². The van der Waals surface area contributed by atoms with E-state index >= 15 is 0 Å². The molecule has 4 aromatic heterocycles. The number of nitrogens with zero attached hydrogens (tertiary/aromatic N) is 4. The van der Waals surface area contributed by atoms with Gasteiger partial charge in [-0.3, -0.25) is 4.98 Å². The Morgan fingerprint density at radius 2 is 0.942 bits per heavy atom. The van der Waals surface area contributed by atoms with Gasteiger partial charge in [-0.05, 0) is 63.5 Å². The Morgan fingerprint density at radius 1 is 0.346 bits per heavy atom. The predicted molar refractivity (Wildman–Crippen MR) is 209 cm³/mol. The smallest absolute Gasteiger partial charge is 0.164 e. The van der Waals surface area contributed by atoms with E-state index in [9.17, 15) is 0 Å². The van der Waals surface area contributed by atoms with E-state index in [0.717, 1.165) is 93.2 Å². The minimum absolute atomic E-state index is 0.560. The van der Waals surface area contributed by atoms with Gasteiger partial charge in [0.2, 0.25) is 0 Å². The molecule has 0 saturated carbocycles. The van der Waals surface area contributed by atoms with Gasteiger partial charge in [-0.15, -0.1) is 0 Å². The summed E-state index contributed by atoms with van der Waals surface area (Å²) in [4.78, 5) is 20.3. The van der Waals surface area contributed by atoms with Crippen LogP contribution in [0.5, 0.6) is 0 Å². The molecular weight excluding hydrogens is 641 g/mol. The van der Waals surface area contributed by atoms with Crippen LogP contribution in [0.4, 0.5) is 0 Å². The Labute approximate surface area is 296 Å². The molecule has 0 unspecified atom stereocenters. The molecular formula is C46H26N4O2. The lowest BCUT2D eigenvalue weighted by Crippen LogP contribution is -2.01. The first-order valence-electron chi connectivity index (χ1n) is 17.2. The van der Waals surface area contributed by atoms with Gasteiger partial charge in [0, 0.05) is 50.0 Å². The molecule has 0 fully saturated rings. The van der Waals surface area contributed by atoms with Crippen LogP contribution in [0.2, 0.25) is 0 Å². The molecule has 0 radical (unpaired) electrons. The summed E-state index contributed by atoms with van der Waals surface area (Å²) in [5.41, 5.74) is 7.69. The Bertz CT molecular complexity index is 3200. The highest BCUT2D eigenvalue weighted by atomic mass is 16.3. The minimum Gasteiger partial charge on any atom is -0.456 e. The second kappa shape index (κ2) is 11.2. The quantitative estimate of drug-likeness (QED) is 0.186. The third-order valence-electron chi connectivity index (χ3n) is 9.98. The van der Waals surface area contributed by atoms with Gasteiger partial charge >= 0.3 is 0 Å². The van der Waals surface area contributed by atoms with Crippen LogP contribution in [0.25, 0.3) is 111 Å². The zero-order valence-electron chi connectivity index (χ0n) is 27.6. The second-order valence-electron chi connectivity index (χ2n) is 13.1. The molecule has 52 heavy (non-hydrogen) atoms. The maximum atomic E-state index is 6.47. The summed E-state index contributed by atoms with van der Waals surface area (Å²) in [5.74, 6) is 1.71. The molecule has 0 aliphatic carbocycles. The monoisotopic (exact) mass is 666 g/mol. The lowest BCUT2D eigenvalue weighted by atomic mass is 9.93. The molecule has 7 aromatic carbocycles. The highest BCUT2D eigenvalue weighted by Gasteiger charge is 2.22. The molecule has 0 aliphatic heterocycles. The summed E-state index contributed by atoms with van der Waals surface area (Å²) in [5, 5.41) is 8.47. The van der Waals surface area contributed by atoms with Crippen molar-refractivity contribution < 1.29 is 8.83 Å². The van der Waals surface area contributed by atoms with Crippen molar-refractivity contribution in [3.8, 4) is 45.3 Å². The van der Waals surface area contributed by atoms with Gasteiger partial charge in [0.25, 0.3) is 0 Å². The fourth-order valence-electron chi connectivity index (χ4n) is 7.56. The molecule has 242 valence electrons. The van der Waals surface area contributed by atoms with E-state index in [1.807, 2.05) is 72.9 Å². The van der Waals surface area contributed by atoms with Crippen LogP contribution in [0.1, 0.15) is 0 Å². The summed E-state index contributed by atoms with van der Waals surface area (Å²) in [6.07, 6.45) is 3.73. The first kappa shape index (κ1) is 28.6. The Kier molecular flexibility index (Phi) is 6.15. The van der Waals surface area contributed by atoms with Crippen LogP contribution in [0, 0.1) is 0 Å². The van der Waals surface area contributed by atoms with Gasteiger partial charge < -0.3 is 8.83 Å². The third kappa shape index (κ3) is 4.44. The average Bonchev–Trinajstić information content (AvgIpc) is 3.77. The van der Waals surface area contributed by atoms with Crippen molar-refractivity contribution in [3.05, 3.63) is 158 Å². The van der Waals surface area contributed by atoms with Gasteiger partial charge in [0.15, 0.2) is 23.1 Å². The summed E-state index contributed by atoms with van der Waals surface area (Å²) in [6, 6.07) is 49.7. The molecule has 0 aliphatic rings. The van der Waals surface area contributed by atoms with Crippen molar-refractivity contribution in [1.29, 1.82) is 0 Å². The van der Waals surface area contributed by atoms with Crippen LogP contribution in [0.3, 0.4) is 0 Å². The highest BCUT2D eigenvalue weighted by Crippen LogP contribution is 2.43. The molecule has 0 amide bonds. The zero-order chi connectivity index (χ0) is 34.2. The fourth-order valence-corrected chi connectivity index (χ4v) is 7.56. The van der Waals surface area contributed by atoms with E-state index in [2.05, 4.69) is 78.9 Å². The van der Waals surface area contributed by atoms with Crippen molar-refractivity contribution in [2.24, 2.45) is 0 Å². The molecule has 11 rings (SSSR count). The Balaban J connectivity index is 1.23. The number of para-hydroxylation sites is 1. The van der Waals surface area contributed by atoms with Crippen molar-refractivity contribution >= 4 is 65.4 Å². The first-order valence-corrected chi connectivity index (χ1v) is 17.2. The number of hydrogen-bond donors (Lipinski definition) is 0. The molecule has 0 saturated heterocycles. The highest BCUT2D eigenvalue weighted by molar-refractivity contribution is 6.17. The van der Waals surface area contributed by atoms with Gasteiger partial charge in [-0.1, -0.05) is 109 Å². The first-order chi connectivity index (χ1) is 25.7. The van der Waals surface area contributed by atoms with Crippen LogP contribution in [-0.2, 0) is 0 Å². The summed E-state index contributed by atoms with van der Waals surface area (Å²) < 4.78 is 12.7. The van der Waals surface area contributed by atoms with Crippen LogP contribution >= 0.6 is 0 Å². The van der Waals surface area contributed by atoms with E-state index in [1.54, 1.807) is 6.20 Å². The van der Waals surface area contributed by atoms with Gasteiger partial charge in [0.1, 0.15) is 16.7 Å². The van der Waals surface area contributed by atoms with Crippen molar-refractivity contribution in [1.82, 2.24) is 19.9 Å². The number of pyridine rings is 1. The number of aromatic nitrogens is 4. The third-order valence-corrected chi connectivity index (χ3v) is 9.98. The van der Waals surface area contributed by atoms with Crippen molar-refractivity contribution in [3.63, 3.8) is 0 Å². The van der Waals surface area contributed by atoms with E-state index in [4.69, 9.17) is 28.8 Å². The number of hydrogen-bond acceptors (Lipinski definition) is 6. The van der Waals surface area contributed by atoms with E-state index in [-0.39, 0.29) is 0 Å². The normalized spacial score (nSPS) is 11.8. The predicted octanol–water partition coefficient (Wildman–Crippen LogP) is 12.0. The lowest BCUT2D eigenvalue weighted by molar-refractivity contribution is 0.667. The van der Waals surface area contributed by atoms with Gasteiger partial charge in [-0.25, -0.2) is 15.0 Å². The molecule has 0 bridgehead atoms. The van der Waals surface area contributed by atoms with Crippen molar-refractivity contribution in [2.45, 2.75) is 0 Å². The molecule has 6 heteroatoms. The Hall–Kier alpha value is -7.18. The van der Waals surface area contributed by atoms with E-state index in [0.29, 0.717) is 17.5 Å². The molecule has 4 heterocycles. The summed E-state index contributed by atoms with van der Waals surface area (Å²) in [7, 11) is 0. The topological polar surface area (TPSA) is 77.8 Å². The number of fused-ring (bicyclic) bond motifs is 8. The van der Waals surface area contributed by atoms with Crippen LogP contribution < -0.4 is 0 Å². The maximum absolute atomic E-state index is 6.47. The van der Waals surface area contributed by atoms with Gasteiger partial charge in [-0.2, -0.15) is 0 Å². The molecule has 0 N–H and O–H groups in total. The second-order valence-corrected chi connectivity index (χ2v) is 13.1. The summed E-state index contributed by atoms with van der Waals surface area (Å²) >= 11 is 0. The number of rotatable bonds is 4. The minimum atomic E-state index is 0.560. The lowest BCUT2D eigenvalue weighted by Gasteiger charge is -2.14. The Morgan fingerprint density at radius 3 is 1.75 bits per heavy atom. The standard InChI is InChI=1S/C46H26N4O2/c1-2-11-27(12-3-1)44-48-45(33-18-10-20-39-42(33)32-17-8-9-19-38(32)51-39)50-46(49-44)35-22-29-14-5-4-13-28(29)21-34(35)37-25-47-26-41-43(37)36-23-30-15-6-7-16-31(30)24-40(36)52-41/h1-26H. The SMILES string of the molecule is c1ccc(-c2nc(-c3cc4ccccc4cc3-c3cncc4oc5cc6ccccc6cc5c34)nc(-c3cccc4oc5ccccc5c34)n2)cc1. The summed E-state index contributed by atoms with van der Waals surface area (Å²) in [6.45, 7) is 0. The van der Waals surface area contributed by atoms with Crippen molar-refractivity contribution in [2.75, 3.05) is 0 Å². The average molecular weight is 667 g/mol. The molecule has 0 atom stereocenters. The van der Waals surface area contributed by atoms with Crippen LogP contribution in [0.15, 0.2) is 167 Å². The fraction of sp³-hybridized carbons (Fsp3) is 0. The molecule has 6 nitrogen and oxygen atoms in total. The van der Waals surface area contributed by atoms with Gasteiger partial charge in [0.05, 0.1) is 6.20 Å². The number of furan rings is 2. The zero-order valence-corrected chi connectivity index (χ0v) is 27.6. The largest absolute Gasteiger partial charge is 0.456 e. The number of benzene rings is 7. The maximum Gasteiger partial charge on any atom is 0.164 e. The molecule has 0 spiro atoms. The van der Waals surface area contributed by atoms with E-state index < -0.39 is 0 Å². The molecule has 11 aromatic rings. The van der Waals surface area contributed by atoms with E-state index in [1.165, 1.54) is 0 Å².